The van der Waals surface area contributed by atoms with Crippen molar-refractivity contribution in [3.05, 3.63) is 64.4 Å². The molecule has 0 unspecified atom stereocenters. The van der Waals surface area contributed by atoms with Gasteiger partial charge >= 0.3 is 0 Å². The Kier molecular flexibility index (Phi) is 5.59. The van der Waals surface area contributed by atoms with Gasteiger partial charge in [0.25, 0.3) is 0 Å². The van der Waals surface area contributed by atoms with Crippen LogP contribution in [0, 0.1) is 19.7 Å². The van der Waals surface area contributed by atoms with E-state index in [1.54, 1.807) is 0 Å². The molecule has 0 fully saturated rings. The van der Waals surface area contributed by atoms with Gasteiger partial charge in [0.1, 0.15) is 5.01 Å². The fraction of sp³-hybridized carbons (Fsp3) is 0.211. The SMILES string of the molecule is COc1ccc(S(=O)(=O)NCc2sc(-c3ccccc3C)nc2C)cc1F. The van der Waals surface area contributed by atoms with Crippen LogP contribution in [-0.4, -0.2) is 20.5 Å². The average Bonchev–Trinajstić information content (AvgIpc) is 3.01. The molecule has 0 atom stereocenters. The Hall–Kier alpha value is -2.29. The highest BCUT2D eigenvalue weighted by molar-refractivity contribution is 7.89. The summed E-state index contributed by atoms with van der Waals surface area (Å²) in [5.74, 6) is -0.730. The molecule has 0 bridgehead atoms. The summed E-state index contributed by atoms with van der Waals surface area (Å²) >= 11 is 1.44. The average molecular weight is 407 g/mol. The van der Waals surface area contributed by atoms with E-state index in [9.17, 15) is 12.8 Å². The highest BCUT2D eigenvalue weighted by Crippen LogP contribution is 2.30. The van der Waals surface area contributed by atoms with Crippen molar-refractivity contribution < 1.29 is 17.5 Å². The van der Waals surface area contributed by atoms with Crippen LogP contribution in [0.5, 0.6) is 5.75 Å². The fourth-order valence-electron chi connectivity index (χ4n) is 2.58. The minimum atomic E-state index is -3.85. The quantitative estimate of drug-likeness (QED) is 0.670. The first-order valence-corrected chi connectivity index (χ1v) is 10.5. The van der Waals surface area contributed by atoms with Crippen molar-refractivity contribution >= 4 is 21.4 Å². The predicted octanol–water partition coefficient (Wildman–Crippen LogP) is 4.05. The smallest absolute Gasteiger partial charge is 0.241 e. The third-order valence-electron chi connectivity index (χ3n) is 4.12. The van der Waals surface area contributed by atoms with Crippen LogP contribution in [0.2, 0.25) is 0 Å². The molecule has 2 aromatic carbocycles. The van der Waals surface area contributed by atoms with Crippen molar-refractivity contribution in [2.45, 2.75) is 25.3 Å². The van der Waals surface area contributed by atoms with Gasteiger partial charge < -0.3 is 4.74 Å². The Morgan fingerprint density at radius 3 is 2.59 bits per heavy atom. The van der Waals surface area contributed by atoms with Crippen molar-refractivity contribution in [1.29, 1.82) is 0 Å². The number of nitrogens with zero attached hydrogens (tertiary/aromatic N) is 1. The van der Waals surface area contributed by atoms with Gasteiger partial charge in [-0.15, -0.1) is 11.3 Å². The second kappa shape index (κ2) is 7.75. The lowest BCUT2D eigenvalue weighted by Gasteiger charge is -2.08. The van der Waals surface area contributed by atoms with Crippen molar-refractivity contribution in [2.75, 3.05) is 7.11 Å². The Morgan fingerprint density at radius 2 is 1.93 bits per heavy atom. The highest BCUT2D eigenvalue weighted by Gasteiger charge is 2.18. The van der Waals surface area contributed by atoms with Gasteiger partial charge in [-0.05, 0) is 37.6 Å². The van der Waals surface area contributed by atoms with E-state index >= 15 is 0 Å². The summed E-state index contributed by atoms with van der Waals surface area (Å²) in [5, 5.41) is 0.843. The molecule has 0 amide bonds. The first kappa shape index (κ1) is 19.5. The third kappa shape index (κ3) is 4.18. The van der Waals surface area contributed by atoms with Crippen LogP contribution in [0.15, 0.2) is 47.4 Å². The number of aromatic nitrogens is 1. The van der Waals surface area contributed by atoms with E-state index in [1.807, 2.05) is 38.1 Å². The Bertz CT molecular complexity index is 1080. The van der Waals surface area contributed by atoms with Gasteiger partial charge in [0.15, 0.2) is 11.6 Å². The van der Waals surface area contributed by atoms with Crippen molar-refractivity contribution in [3.8, 4) is 16.3 Å². The van der Waals surface area contributed by atoms with Crippen molar-refractivity contribution in [1.82, 2.24) is 9.71 Å². The number of rotatable bonds is 6. The lowest BCUT2D eigenvalue weighted by Crippen LogP contribution is -2.23. The Balaban J connectivity index is 1.80. The summed E-state index contributed by atoms with van der Waals surface area (Å²) in [7, 11) is -2.53. The zero-order chi connectivity index (χ0) is 19.6. The minimum absolute atomic E-state index is 0.00451. The van der Waals surface area contributed by atoms with E-state index in [1.165, 1.54) is 30.6 Å². The second-order valence-electron chi connectivity index (χ2n) is 5.96. The molecule has 5 nitrogen and oxygen atoms in total. The molecular weight excluding hydrogens is 387 g/mol. The Morgan fingerprint density at radius 1 is 1.19 bits per heavy atom. The highest BCUT2D eigenvalue weighted by atomic mass is 32.2. The van der Waals surface area contributed by atoms with E-state index < -0.39 is 15.8 Å². The van der Waals surface area contributed by atoms with Gasteiger partial charge in [0.05, 0.1) is 17.7 Å². The lowest BCUT2D eigenvalue weighted by molar-refractivity contribution is 0.385. The van der Waals surface area contributed by atoms with Gasteiger partial charge in [-0.2, -0.15) is 0 Å². The van der Waals surface area contributed by atoms with Crippen LogP contribution >= 0.6 is 11.3 Å². The maximum Gasteiger partial charge on any atom is 0.241 e. The Labute approximate surface area is 161 Å². The molecule has 1 heterocycles. The maximum atomic E-state index is 13.8. The van der Waals surface area contributed by atoms with Gasteiger partial charge in [-0.3, -0.25) is 0 Å². The summed E-state index contributed by atoms with van der Waals surface area (Å²) in [6.07, 6.45) is 0. The molecule has 0 spiro atoms. The van der Waals surface area contributed by atoms with E-state index in [0.29, 0.717) is 0 Å². The zero-order valence-corrected chi connectivity index (χ0v) is 16.7. The summed E-state index contributed by atoms with van der Waals surface area (Å²) in [4.78, 5) is 5.22. The number of sulfonamides is 1. The van der Waals surface area contributed by atoms with Gasteiger partial charge in [-0.25, -0.2) is 22.5 Å². The number of methoxy groups -OCH3 is 1. The minimum Gasteiger partial charge on any atom is -0.494 e. The number of benzene rings is 2. The number of halogens is 1. The summed E-state index contributed by atoms with van der Waals surface area (Å²) < 4.78 is 46.1. The molecule has 0 radical (unpaired) electrons. The molecule has 3 rings (SSSR count). The normalized spacial score (nSPS) is 11.6. The number of nitrogens with one attached hydrogen (secondary N) is 1. The topological polar surface area (TPSA) is 68.3 Å². The first-order valence-electron chi connectivity index (χ1n) is 8.17. The van der Waals surface area contributed by atoms with Crippen molar-refractivity contribution in [3.63, 3.8) is 0 Å². The predicted molar refractivity (Wildman–Crippen MR) is 104 cm³/mol. The van der Waals surface area contributed by atoms with Crippen LogP contribution in [0.25, 0.3) is 10.6 Å². The second-order valence-corrected chi connectivity index (χ2v) is 8.81. The number of hydrogen-bond donors (Lipinski definition) is 1. The molecule has 27 heavy (non-hydrogen) atoms. The number of thiazole rings is 1. The van der Waals surface area contributed by atoms with Crippen LogP contribution in [0.1, 0.15) is 16.1 Å². The van der Waals surface area contributed by atoms with Crippen LogP contribution in [0.3, 0.4) is 0 Å². The number of aryl methyl sites for hydroxylation is 2. The van der Waals surface area contributed by atoms with Crippen LogP contribution < -0.4 is 9.46 Å². The number of ether oxygens (including phenoxy) is 1. The fourth-order valence-corrected chi connectivity index (χ4v) is 4.77. The molecule has 0 aliphatic rings. The monoisotopic (exact) mass is 406 g/mol. The van der Waals surface area contributed by atoms with E-state index in [4.69, 9.17) is 4.74 Å². The van der Waals surface area contributed by atoms with Crippen molar-refractivity contribution in [2.24, 2.45) is 0 Å². The lowest BCUT2D eigenvalue weighted by atomic mass is 10.1. The summed E-state index contributed by atoms with van der Waals surface area (Å²) in [5.41, 5.74) is 2.89. The molecule has 0 aliphatic heterocycles. The molecule has 1 aromatic heterocycles. The molecule has 142 valence electrons. The maximum absolute atomic E-state index is 13.8. The van der Waals surface area contributed by atoms with Gasteiger partial charge in [0.2, 0.25) is 10.0 Å². The largest absolute Gasteiger partial charge is 0.494 e. The van der Waals surface area contributed by atoms with E-state index in [0.717, 1.165) is 32.8 Å². The summed E-state index contributed by atoms with van der Waals surface area (Å²) in [6.45, 7) is 3.94. The molecule has 0 saturated heterocycles. The third-order valence-corrected chi connectivity index (χ3v) is 6.71. The first-order chi connectivity index (χ1) is 12.8. The molecule has 8 heteroatoms. The molecule has 0 aliphatic carbocycles. The van der Waals surface area contributed by atoms with E-state index in [-0.39, 0.29) is 17.2 Å². The van der Waals surface area contributed by atoms with Crippen LogP contribution in [0.4, 0.5) is 4.39 Å². The van der Waals surface area contributed by atoms with E-state index in [2.05, 4.69) is 9.71 Å². The zero-order valence-electron chi connectivity index (χ0n) is 15.1. The summed E-state index contributed by atoms with van der Waals surface area (Å²) in [6, 6.07) is 11.4. The molecule has 1 N–H and O–H groups in total. The number of hydrogen-bond acceptors (Lipinski definition) is 5. The molecule has 3 aromatic rings. The standard InChI is InChI=1S/C19H19FN2O3S2/c1-12-6-4-5-7-15(12)19-22-13(2)18(26-19)11-21-27(23,24)14-8-9-17(25-3)16(20)10-14/h4-10,21H,11H2,1-3H3. The van der Waals surface area contributed by atoms with Gasteiger partial charge in [-0.1, -0.05) is 24.3 Å². The van der Waals surface area contributed by atoms with Gasteiger partial charge in [0, 0.05) is 17.0 Å². The molecule has 0 saturated carbocycles. The van der Waals surface area contributed by atoms with Crippen LogP contribution in [-0.2, 0) is 16.6 Å². The molecular formula is C19H19FN2O3S2.